The molecule has 0 unspecified atom stereocenters. The molecule has 0 saturated heterocycles. The minimum Gasteiger partial charge on any atom is -0.296 e. The van der Waals surface area contributed by atoms with E-state index in [2.05, 4.69) is 20.9 Å². The zero-order valence-electron chi connectivity index (χ0n) is 18.5. The number of amides is 2. The molecule has 2 amide bonds. The van der Waals surface area contributed by atoms with Crippen LogP contribution in [0.3, 0.4) is 0 Å². The summed E-state index contributed by atoms with van der Waals surface area (Å²) in [5, 5.41) is 4.60. The van der Waals surface area contributed by atoms with Gasteiger partial charge >= 0.3 is 0 Å². The summed E-state index contributed by atoms with van der Waals surface area (Å²) in [5.41, 5.74) is 7.83. The van der Waals surface area contributed by atoms with Crippen molar-refractivity contribution in [3.05, 3.63) is 113 Å². The van der Waals surface area contributed by atoms with Crippen LogP contribution in [0.1, 0.15) is 10.4 Å². The van der Waals surface area contributed by atoms with E-state index in [1.54, 1.807) is 35.1 Å². The number of para-hydroxylation sites is 3. The van der Waals surface area contributed by atoms with Gasteiger partial charge in [-0.05, 0) is 24.3 Å². The molecule has 2 aromatic heterocycles. The van der Waals surface area contributed by atoms with E-state index in [1.807, 2.05) is 60.7 Å². The predicted octanol–water partition coefficient (Wildman–Crippen LogP) is 2.71. The van der Waals surface area contributed by atoms with Gasteiger partial charge in [0, 0.05) is 11.8 Å². The van der Waals surface area contributed by atoms with Gasteiger partial charge in [0.1, 0.15) is 12.2 Å². The van der Waals surface area contributed by atoms with Crippen molar-refractivity contribution in [1.82, 2.24) is 30.2 Å². The van der Waals surface area contributed by atoms with Gasteiger partial charge in [0.05, 0.1) is 28.5 Å². The Morgan fingerprint density at radius 3 is 2.29 bits per heavy atom. The molecule has 3 aromatic carbocycles. The number of benzene rings is 3. The summed E-state index contributed by atoms with van der Waals surface area (Å²) in [4.78, 5) is 42.0. The molecule has 0 saturated carbocycles. The zero-order valence-corrected chi connectivity index (χ0v) is 18.5. The van der Waals surface area contributed by atoms with E-state index in [-0.39, 0.29) is 12.1 Å². The number of carbonyl (C=O) groups is 2. The SMILES string of the molecule is O=C(Cn1c(=O)cnc2ccccc21)NNC(=O)c1cn(-c2ccccc2)nc1-c1ccccc1. The van der Waals surface area contributed by atoms with E-state index in [1.165, 1.54) is 4.57 Å². The molecule has 5 aromatic rings. The minimum absolute atomic E-state index is 0.281. The Labute approximate surface area is 199 Å². The molecule has 2 N–H and O–H groups in total. The van der Waals surface area contributed by atoms with Crippen molar-refractivity contribution in [2.75, 3.05) is 0 Å². The summed E-state index contributed by atoms with van der Waals surface area (Å²) in [6.07, 6.45) is 2.78. The van der Waals surface area contributed by atoms with Crippen LogP contribution in [-0.4, -0.2) is 31.1 Å². The lowest BCUT2D eigenvalue weighted by molar-refractivity contribution is -0.122. The second-order valence-electron chi connectivity index (χ2n) is 7.71. The number of aromatic nitrogens is 4. The Balaban J connectivity index is 1.37. The smallest absolute Gasteiger partial charge is 0.273 e. The van der Waals surface area contributed by atoms with Crippen molar-refractivity contribution in [3.63, 3.8) is 0 Å². The highest BCUT2D eigenvalue weighted by Crippen LogP contribution is 2.23. The number of hydrazine groups is 1. The number of hydrogen-bond acceptors (Lipinski definition) is 5. The first-order valence-corrected chi connectivity index (χ1v) is 10.8. The number of fused-ring (bicyclic) bond motifs is 1. The van der Waals surface area contributed by atoms with Gasteiger partial charge in [-0.1, -0.05) is 60.7 Å². The largest absolute Gasteiger partial charge is 0.296 e. The molecule has 9 nitrogen and oxygen atoms in total. The number of hydrogen-bond donors (Lipinski definition) is 2. The van der Waals surface area contributed by atoms with Gasteiger partial charge in [-0.25, -0.2) is 9.67 Å². The van der Waals surface area contributed by atoms with Gasteiger partial charge in [-0.15, -0.1) is 0 Å². The highest BCUT2D eigenvalue weighted by Gasteiger charge is 2.19. The van der Waals surface area contributed by atoms with Gasteiger partial charge in [-0.2, -0.15) is 5.10 Å². The fraction of sp³-hybridized carbons (Fsp3) is 0.0385. The number of nitrogens with zero attached hydrogens (tertiary/aromatic N) is 4. The Hall–Kier alpha value is -5.05. The van der Waals surface area contributed by atoms with Gasteiger partial charge < -0.3 is 0 Å². The highest BCUT2D eigenvalue weighted by atomic mass is 16.2. The molecule has 9 heteroatoms. The summed E-state index contributed by atoms with van der Waals surface area (Å²) in [6.45, 7) is -0.281. The van der Waals surface area contributed by atoms with E-state index < -0.39 is 17.4 Å². The first-order chi connectivity index (χ1) is 17.1. The standard InChI is InChI=1S/C26H20N6O3/c33-23(17-31-22-14-8-7-13-21(22)27-15-24(31)34)28-29-26(35)20-16-32(19-11-5-2-6-12-19)30-25(20)18-9-3-1-4-10-18/h1-16H,17H2,(H,28,33)(H,29,35). The van der Waals surface area contributed by atoms with E-state index in [0.717, 1.165) is 17.4 Å². The summed E-state index contributed by atoms with van der Waals surface area (Å²) < 4.78 is 2.91. The van der Waals surface area contributed by atoms with Crippen LogP contribution in [0.25, 0.3) is 28.0 Å². The first-order valence-electron chi connectivity index (χ1n) is 10.8. The lowest BCUT2D eigenvalue weighted by Crippen LogP contribution is -2.44. The highest BCUT2D eigenvalue weighted by molar-refractivity contribution is 6.00. The summed E-state index contributed by atoms with van der Waals surface area (Å²) in [7, 11) is 0. The van der Waals surface area contributed by atoms with Crippen molar-refractivity contribution >= 4 is 22.8 Å². The molecular formula is C26H20N6O3. The molecule has 0 bridgehead atoms. The molecule has 0 atom stereocenters. The molecule has 35 heavy (non-hydrogen) atoms. The van der Waals surface area contributed by atoms with Crippen LogP contribution in [0.4, 0.5) is 0 Å². The first kappa shape index (κ1) is 21.8. The lowest BCUT2D eigenvalue weighted by Gasteiger charge is -2.11. The molecule has 0 radical (unpaired) electrons. The Bertz CT molecular complexity index is 1580. The maximum absolute atomic E-state index is 13.1. The molecule has 0 aliphatic heterocycles. The van der Waals surface area contributed by atoms with E-state index in [9.17, 15) is 14.4 Å². The number of rotatable bonds is 5. The Morgan fingerprint density at radius 2 is 1.51 bits per heavy atom. The Morgan fingerprint density at radius 1 is 0.829 bits per heavy atom. The van der Waals surface area contributed by atoms with Crippen LogP contribution in [0, 0.1) is 0 Å². The molecule has 2 heterocycles. The van der Waals surface area contributed by atoms with Crippen molar-refractivity contribution < 1.29 is 9.59 Å². The topological polar surface area (TPSA) is 111 Å². The average Bonchev–Trinajstić information content (AvgIpc) is 3.36. The second-order valence-corrected chi connectivity index (χ2v) is 7.71. The van der Waals surface area contributed by atoms with Crippen LogP contribution in [0.5, 0.6) is 0 Å². The fourth-order valence-electron chi connectivity index (χ4n) is 3.72. The van der Waals surface area contributed by atoms with Crippen molar-refractivity contribution in [1.29, 1.82) is 0 Å². The van der Waals surface area contributed by atoms with Crippen molar-refractivity contribution in [3.8, 4) is 16.9 Å². The molecule has 5 rings (SSSR count). The van der Waals surface area contributed by atoms with Crippen LogP contribution < -0.4 is 16.4 Å². The fourth-order valence-corrected chi connectivity index (χ4v) is 3.72. The van der Waals surface area contributed by atoms with Gasteiger partial charge in [0.25, 0.3) is 17.4 Å². The van der Waals surface area contributed by atoms with Gasteiger partial charge in [0.15, 0.2) is 0 Å². The van der Waals surface area contributed by atoms with Crippen molar-refractivity contribution in [2.24, 2.45) is 0 Å². The van der Waals surface area contributed by atoms with E-state index in [0.29, 0.717) is 16.7 Å². The molecule has 0 fully saturated rings. The average molecular weight is 464 g/mol. The van der Waals surface area contributed by atoms with Gasteiger partial charge in [0.2, 0.25) is 0 Å². The summed E-state index contributed by atoms with van der Waals surface area (Å²) in [6, 6.07) is 25.7. The van der Waals surface area contributed by atoms with E-state index in [4.69, 9.17) is 0 Å². The van der Waals surface area contributed by atoms with Crippen LogP contribution in [-0.2, 0) is 11.3 Å². The summed E-state index contributed by atoms with van der Waals surface area (Å²) >= 11 is 0. The Kier molecular flexibility index (Phi) is 5.87. The van der Waals surface area contributed by atoms with Crippen molar-refractivity contribution in [2.45, 2.75) is 6.54 Å². The number of carbonyl (C=O) groups excluding carboxylic acids is 2. The number of nitrogens with one attached hydrogen (secondary N) is 2. The third kappa shape index (κ3) is 4.55. The molecule has 0 spiro atoms. The van der Waals surface area contributed by atoms with Gasteiger partial charge in [-0.3, -0.25) is 29.8 Å². The molecule has 0 aliphatic carbocycles. The normalized spacial score (nSPS) is 10.7. The summed E-state index contributed by atoms with van der Waals surface area (Å²) in [5.74, 6) is -1.10. The molecule has 0 aliphatic rings. The van der Waals surface area contributed by atoms with Crippen LogP contribution >= 0.6 is 0 Å². The molecular weight excluding hydrogens is 444 g/mol. The second kappa shape index (κ2) is 9.44. The van der Waals surface area contributed by atoms with Crippen LogP contribution in [0.2, 0.25) is 0 Å². The van der Waals surface area contributed by atoms with E-state index >= 15 is 0 Å². The monoisotopic (exact) mass is 464 g/mol. The van der Waals surface area contributed by atoms with Crippen LogP contribution in [0.15, 0.2) is 102 Å². The maximum atomic E-state index is 13.1. The zero-order chi connectivity index (χ0) is 24.2. The molecule has 172 valence electrons. The third-order valence-corrected chi connectivity index (χ3v) is 5.40. The minimum atomic E-state index is -0.562. The maximum Gasteiger partial charge on any atom is 0.273 e. The predicted molar refractivity (Wildman–Crippen MR) is 131 cm³/mol. The lowest BCUT2D eigenvalue weighted by atomic mass is 10.1. The quantitative estimate of drug-likeness (QED) is 0.389. The third-order valence-electron chi connectivity index (χ3n) is 5.40.